The van der Waals surface area contributed by atoms with Crippen LogP contribution in [0, 0.1) is 11.3 Å². The zero-order valence-corrected chi connectivity index (χ0v) is 12.5. The molecule has 0 fully saturated rings. The number of Topliss-reactive ketones (excluding diaryl/α,β-unsaturated/α-hetero) is 1. The molecule has 1 aromatic rings. The van der Waals surface area contributed by atoms with Crippen LogP contribution in [0.3, 0.4) is 0 Å². The van der Waals surface area contributed by atoms with Gasteiger partial charge in [-0.15, -0.1) is 0 Å². The third-order valence-electron chi connectivity index (χ3n) is 3.71. The van der Waals surface area contributed by atoms with Gasteiger partial charge in [0, 0.05) is 12.3 Å². The minimum atomic E-state index is -0.449. The van der Waals surface area contributed by atoms with E-state index in [-0.39, 0.29) is 17.1 Å². The summed E-state index contributed by atoms with van der Waals surface area (Å²) >= 11 is 0. The van der Waals surface area contributed by atoms with E-state index in [0.29, 0.717) is 12.8 Å². The molecule has 0 saturated heterocycles. The molecular weight excluding hydrogens is 236 g/mol. The highest BCUT2D eigenvalue weighted by Gasteiger charge is 2.28. The number of aliphatic hydroxyl groups excluding tert-OH is 1. The zero-order chi connectivity index (χ0) is 14.5. The fraction of sp³-hybridized carbons (Fsp3) is 0.588. The second-order valence-electron chi connectivity index (χ2n) is 6.33. The number of hydrogen-bond acceptors (Lipinski definition) is 2. The van der Waals surface area contributed by atoms with Gasteiger partial charge in [-0.2, -0.15) is 0 Å². The van der Waals surface area contributed by atoms with E-state index in [2.05, 4.69) is 26.0 Å². The van der Waals surface area contributed by atoms with E-state index in [0.717, 1.165) is 6.42 Å². The smallest absolute Gasteiger partial charge is 0.135 e. The van der Waals surface area contributed by atoms with Crippen molar-refractivity contribution in [3.05, 3.63) is 35.9 Å². The van der Waals surface area contributed by atoms with E-state index in [4.69, 9.17) is 0 Å². The number of rotatable bonds is 7. The molecule has 1 rings (SSSR count). The van der Waals surface area contributed by atoms with E-state index in [1.54, 1.807) is 0 Å². The molecule has 0 radical (unpaired) electrons. The Hall–Kier alpha value is -1.15. The first-order valence-electron chi connectivity index (χ1n) is 7.07. The highest BCUT2D eigenvalue weighted by Crippen LogP contribution is 2.29. The summed E-state index contributed by atoms with van der Waals surface area (Å²) in [5, 5.41) is 10.3. The van der Waals surface area contributed by atoms with Crippen molar-refractivity contribution in [2.45, 2.75) is 53.1 Å². The molecule has 0 aliphatic rings. The monoisotopic (exact) mass is 262 g/mol. The molecule has 1 atom stereocenters. The Morgan fingerprint density at radius 2 is 1.79 bits per heavy atom. The molecule has 0 aliphatic carbocycles. The average molecular weight is 262 g/mol. The minimum absolute atomic E-state index is 0.0597. The normalized spacial score (nSPS) is 13.6. The molecule has 0 aliphatic heterocycles. The predicted molar refractivity (Wildman–Crippen MR) is 79.0 cm³/mol. The Bertz CT molecular complexity index is 393. The fourth-order valence-electron chi connectivity index (χ4n) is 2.20. The Morgan fingerprint density at radius 3 is 2.32 bits per heavy atom. The summed E-state index contributed by atoms with van der Waals surface area (Å²) in [7, 11) is 0. The van der Waals surface area contributed by atoms with Crippen LogP contribution in [0.5, 0.6) is 0 Å². The van der Waals surface area contributed by atoms with Crippen molar-refractivity contribution in [2.75, 3.05) is 0 Å². The van der Waals surface area contributed by atoms with E-state index in [1.165, 1.54) is 5.56 Å². The first kappa shape index (κ1) is 15.9. The van der Waals surface area contributed by atoms with Gasteiger partial charge in [0.25, 0.3) is 0 Å². The minimum Gasteiger partial charge on any atom is -0.393 e. The quantitative estimate of drug-likeness (QED) is 0.815. The first-order valence-corrected chi connectivity index (χ1v) is 7.07. The summed E-state index contributed by atoms with van der Waals surface area (Å²) in [5.41, 5.74) is 1.01. The lowest BCUT2D eigenvalue weighted by Crippen LogP contribution is -2.32. The highest BCUT2D eigenvalue weighted by molar-refractivity contribution is 5.80. The second-order valence-corrected chi connectivity index (χ2v) is 6.33. The van der Waals surface area contributed by atoms with Gasteiger partial charge in [-0.05, 0) is 23.8 Å². The van der Waals surface area contributed by atoms with Gasteiger partial charge in [0.2, 0.25) is 0 Å². The third kappa shape index (κ3) is 5.15. The van der Waals surface area contributed by atoms with Gasteiger partial charge in [0.05, 0.1) is 6.10 Å². The Morgan fingerprint density at radius 1 is 1.21 bits per heavy atom. The maximum absolute atomic E-state index is 11.6. The first-order chi connectivity index (χ1) is 8.83. The number of hydrogen-bond donors (Lipinski definition) is 1. The van der Waals surface area contributed by atoms with Gasteiger partial charge >= 0.3 is 0 Å². The summed E-state index contributed by atoms with van der Waals surface area (Å²) in [6.07, 6.45) is 1.40. The molecule has 106 valence electrons. The van der Waals surface area contributed by atoms with Gasteiger partial charge in [-0.1, -0.05) is 58.0 Å². The van der Waals surface area contributed by atoms with Crippen molar-refractivity contribution >= 4 is 5.78 Å². The van der Waals surface area contributed by atoms with Crippen LogP contribution in [-0.2, 0) is 11.2 Å². The lowest BCUT2D eigenvalue weighted by molar-refractivity contribution is -0.122. The van der Waals surface area contributed by atoms with E-state index < -0.39 is 6.10 Å². The van der Waals surface area contributed by atoms with Crippen LogP contribution >= 0.6 is 0 Å². The van der Waals surface area contributed by atoms with E-state index in [9.17, 15) is 9.90 Å². The average Bonchev–Trinajstić information content (AvgIpc) is 2.35. The van der Waals surface area contributed by atoms with Crippen molar-refractivity contribution in [1.29, 1.82) is 0 Å². The molecule has 1 unspecified atom stereocenters. The predicted octanol–water partition coefficient (Wildman–Crippen LogP) is 3.62. The largest absolute Gasteiger partial charge is 0.393 e. The number of aliphatic hydroxyl groups is 1. The van der Waals surface area contributed by atoms with Gasteiger partial charge in [0.1, 0.15) is 5.78 Å². The van der Waals surface area contributed by atoms with E-state index >= 15 is 0 Å². The summed E-state index contributed by atoms with van der Waals surface area (Å²) in [5.74, 6) is 0.291. The van der Waals surface area contributed by atoms with Crippen LogP contribution in [0.2, 0.25) is 0 Å². The SMILES string of the molecule is CC(C)C(=O)CCC(O)C(C)(C)Cc1ccccc1. The van der Waals surface area contributed by atoms with Crippen LogP contribution in [0.4, 0.5) is 0 Å². The lowest BCUT2D eigenvalue weighted by atomic mass is 9.78. The summed E-state index contributed by atoms with van der Waals surface area (Å²) in [6, 6.07) is 10.2. The number of benzene rings is 1. The van der Waals surface area contributed by atoms with Gasteiger partial charge in [-0.25, -0.2) is 0 Å². The Balaban J connectivity index is 2.54. The van der Waals surface area contributed by atoms with Crippen molar-refractivity contribution in [1.82, 2.24) is 0 Å². The van der Waals surface area contributed by atoms with Crippen LogP contribution in [0.15, 0.2) is 30.3 Å². The molecular formula is C17H26O2. The number of carbonyl (C=O) groups excluding carboxylic acids is 1. The van der Waals surface area contributed by atoms with Crippen molar-refractivity contribution < 1.29 is 9.90 Å². The molecule has 19 heavy (non-hydrogen) atoms. The molecule has 0 bridgehead atoms. The van der Waals surface area contributed by atoms with Crippen molar-refractivity contribution in [3.63, 3.8) is 0 Å². The molecule has 1 aromatic carbocycles. The highest BCUT2D eigenvalue weighted by atomic mass is 16.3. The Labute approximate surface area is 116 Å². The summed E-state index contributed by atoms with van der Waals surface area (Å²) in [4.78, 5) is 11.6. The lowest BCUT2D eigenvalue weighted by Gasteiger charge is -2.31. The fourth-order valence-corrected chi connectivity index (χ4v) is 2.20. The van der Waals surface area contributed by atoms with Gasteiger partial charge in [-0.3, -0.25) is 4.79 Å². The molecule has 2 nitrogen and oxygen atoms in total. The standard InChI is InChI=1S/C17H26O2/c1-13(2)15(18)10-11-16(19)17(3,4)12-14-8-6-5-7-9-14/h5-9,13,16,19H,10-12H2,1-4H3. The van der Waals surface area contributed by atoms with Crippen LogP contribution in [0.1, 0.15) is 46.1 Å². The Kier molecular flexibility index (Phi) is 5.74. The number of ketones is 1. The van der Waals surface area contributed by atoms with Gasteiger partial charge in [0.15, 0.2) is 0 Å². The summed E-state index contributed by atoms with van der Waals surface area (Å²) < 4.78 is 0. The molecule has 2 heteroatoms. The van der Waals surface area contributed by atoms with Crippen molar-refractivity contribution in [2.24, 2.45) is 11.3 Å². The molecule has 1 N–H and O–H groups in total. The van der Waals surface area contributed by atoms with Gasteiger partial charge < -0.3 is 5.11 Å². The van der Waals surface area contributed by atoms with Crippen molar-refractivity contribution in [3.8, 4) is 0 Å². The maximum atomic E-state index is 11.6. The third-order valence-corrected chi connectivity index (χ3v) is 3.71. The van der Waals surface area contributed by atoms with Crippen LogP contribution < -0.4 is 0 Å². The zero-order valence-electron chi connectivity index (χ0n) is 12.5. The maximum Gasteiger partial charge on any atom is 0.135 e. The molecule has 0 amide bonds. The number of carbonyl (C=O) groups is 1. The molecule has 0 spiro atoms. The van der Waals surface area contributed by atoms with Crippen LogP contribution in [-0.4, -0.2) is 17.0 Å². The topological polar surface area (TPSA) is 37.3 Å². The molecule has 0 saturated carbocycles. The second kappa shape index (κ2) is 6.85. The van der Waals surface area contributed by atoms with E-state index in [1.807, 2.05) is 32.0 Å². The molecule has 0 aromatic heterocycles. The summed E-state index contributed by atoms with van der Waals surface area (Å²) in [6.45, 7) is 7.93. The molecule has 0 heterocycles. The van der Waals surface area contributed by atoms with Crippen LogP contribution in [0.25, 0.3) is 0 Å².